The van der Waals surface area contributed by atoms with Gasteiger partial charge in [0.15, 0.2) is 10.9 Å². The summed E-state index contributed by atoms with van der Waals surface area (Å²) in [6.07, 6.45) is 3.79. The van der Waals surface area contributed by atoms with E-state index in [1.54, 1.807) is 5.41 Å². The van der Waals surface area contributed by atoms with E-state index in [-0.39, 0.29) is 11.6 Å². The summed E-state index contributed by atoms with van der Waals surface area (Å²) < 4.78 is 14.9. The highest BCUT2D eigenvalue weighted by molar-refractivity contribution is 8.02. The number of carbonyl (C=O) groups is 1. The first-order chi connectivity index (χ1) is 10.1. The average Bonchev–Trinajstić information content (AvgIpc) is 3.24. The lowest BCUT2D eigenvalue weighted by Gasteiger charge is -2.03. The first-order valence-electron chi connectivity index (χ1n) is 6.70. The lowest BCUT2D eigenvalue weighted by molar-refractivity contribution is 0.104. The van der Waals surface area contributed by atoms with E-state index in [9.17, 15) is 9.18 Å². The quantitative estimate of drug-likeness (QED) is 0.481. The fourth-order valence-corrected chi connectivity index (χ4v) is 2.85. The minimum atomic E-state index is -0.349. The summed E-state index contributed by atoms with van der Waals surface area (Å²) in [5.74, 6) is 0.396. The molecule has 0 amide bonds. The Morgan fingerprint density at radius 1 is 1.33 bits per heavy atom. The number of aromatic nitrogens is 3. The Morgan fingerprint density at radius 2 is 2.05 bits per heavy atom. The predicted octanol–water partition coefficient (Wildman–Crippen LogP) is 3.55. The summed E-state index contributed by atoms with van der Waals surface area (Å²) in [5.41, 5.74) is 0.466. The molecular formula is C15H14FN3OS. The molecule has 0 unspecified atom stereocenters. The van der Waals surface area contributed by atoms with Crippen molar-refractivity contribution in [3.63, 3.8) is 0 Å². The van der Waals surface area contributed by atoms with Gasteiger partial charge in [-0.25, -0.2) is 4.39 Å². The molecule has 0 bridgehead atoms. The van der Waals surface area contributed by atoms with Crippen molar-refractivity contribution in [2.75, 3.05) is 0 Å². The van der Waals surface area contributed by atoms with Crippen LogP contribution in [0.4, 0.5) is 4.39 Å². The van der Waals surface area contributed by atoms with Crippen molar-refractivity contribution >= 4 is 17.5 Å². The van der Waals surface area contributed by atoms with Crippen molar-refractivity contribution in [2.45, 2.75) is 31.0 Å². The van der Waals surface area contributed by atoms with Gasteiger partial charge >= 0.3 is 0 Å². The Labute approximate surface area is 126 Å². The maximum Gasteiger partial charge on any atom is 0.195 e. The van der Waals surface area contributed by atoms with Crippen LogP contribution in [0.1, 0.15) is 35.1 Å². The van der Waals surface area contributed by atoms with Crippen molar-refractivity contribution in [3.8, 4) is 0 Å². The smallest absolute Gasteiger partial charge is 0.195 e. The van der Waals surface area contributed by atoms with Crippen LogP contribution in [0.2, 0.25) is 0 Å². The standard InChI is InChI=1S/C15H14FN3OS/c1-10-17-18-15(19(10)13-6-7-13)21-9-8-14(20)11-2-4-12(16)5-3-11/h2-5,8-9,13H,6-7H2,1H3/b9-8+. The Bertz CT molecular complexity index is 689. The number of thioether (sulfide) groups is 1. The van der Waals surface area contributed by atoms with E-state index in [0.717, 1.165) is 23.8 Å². The Morgan fingerprint density at radius 3 is 2.71 bits per heavy atom. The fraction of sp³-hybridized carbons (Fsp3) is 0.267. The predicted molar refractivity (Wildman–Crippen MR) is 78.8 cm³/mol. The molecule has 1 saturated carbocycles. The molecule has 108 valence electrons. The van der Waals surface area contributed by atoms with Crippen molar-refractivity contribution in [1.82, 2.24) is 14.8 Å². The Balaban J connectivity index is 1.67. The van der Waals surface area contributed by atoms with Crippen LogP contribution in [-0.4, -0.2) is 20.5 Å². The molecule has 21 heavy (non-hydrogen) atoms. The van der Waals surface area contributed by atoms with E-state index in [1.807, 2.05) is 6.92 Å². The molecule has 0 radical (unpaired) electrons. The van der Waals surface area contributed by atoms with Gasteiger partial charge in [0.1, 0.15) is 11.6 Å². The number of hydrogen-bond acceptors (Lipinski definition) is 4. The van der Waals surface area contributed by atoms with Gasteiger partial charge < -0.3 is 4.57 Å². The second-order valence-electron chi connectivity index (χ2n) is 4.92. The minimum absolute atomic E-state index is 0.156. The normalized spacial score (nSPS) is 14.8. The SMILES string of the molecule is Cc1nnc(S/C=C/C(=O)c2ccc(F)cc2)n1C1CC1. The third kappa shape index (κ3) is 3.21. The number of benzene rings is 1. The highest BCUT2D eigenvalue weighted by atomic mass is 32.2. The summed E-state index contributed by atoms with van der Waals surface area (Å²) in [6.45, 7) is 1.93. The van der Waals surface area contributed by atoms with Crippen molar-refractivity contribution < 1.29 is 9.18 Å². The molecule has 1 aliphatic rings. The highest BCUT2D eigenvalue weighted by Gasteiger charge is 2.27. The maximum absolute atomic E-state index is 12.8. The van der Waals surface area contributed by atoms with Crippen LogP contribution in [-0.2, 0) is 0 Å². The van der Waals surface area contributed by atoms with Crippen LogP contribution in [0.25, 0.3) is 0 Å². The molecule has 1 aromatic carbocycles. The summed E-state index contributed by atoms with van der Waals surface area (Å²) in [6, 6.07) is 6.01. The van der Waals surface area contributed by atoms with Crippen LogP contribution in [0.3, 0.4) is 0 Å². The summed E-state index contributed by atoms with van der Waals surface area (Å²) >= 11 is 1.38. The number of aryl methyl sites for hydroxylation is 1. The molecule has 1 aromatic heterocycles. The molecule has 0 atom stereocenters. The molecule has 3 rings (SSSR count). The topological polar surface area (TPSA) is 47.8 Å². The first kappa shape index (κ1) is 14.0. The lowest BCUT2D eigenvalue weighted by Crippen LogP contribution is -1.98. The lowest BCUT2D eigenvalue weighted by atomic mass is 10.1. The summed E-state index contributed by atoms with van der Waals surface area (Å²) in [4.78, 5) is 11.9. The van der Waals surface area contributed by atoms with Gasteiger partial charge in [0.05, 0.1) is 0 Å². The zero-order valence-electron chi connectivity index (χ0n) is 11.5. The molecular weight excluding hydrogens is 289 g/mol. The first-order valence-corrected chi connectivity index (χ1v) is 7.58. The van der Waals surface area contributed by atoms with Gasteiger partial charge in [-0.1, -0.05) is 11.8 Å². The molecule has 1 heterocycles. The monoisotopic (exact) mass is 303 g/mol. The fourth-order valence-electron chi connectivity index (χ4n) is 2.05. The third-order valence-corrected chi connectivity index (χ3v) is 4.03. The van der Waals surface area contributed by atoms with E-state index in [0.29, 0.717) is 11.6 Å². The van der Waals surface area contributed by atoms with Gasteiger partial charge in [0.25, 0.3) is 0 Å². The zero-order chi connectivity index (χ0) is 14.8. The van der Waals surface area contributed by atoms with E-state index >= 15 is 0 Å². The van der Waals surface area contributed by atoms with Gasteiger partial charge in [0.2, 0.25) is 0 Å². The second kappa shape index (κ2) is 5.81. The highest BCUT2D eigenvalue weighted by Crippen LogP contribution is 2.38. The number of allylic oxidation sites excluding steroid dienone is 1. The van der Waals surface area contributed by atoms with E-state index in [4.69, 9.17) is 0 Å². The van der Waals surface area contributed by atoms with Gasteiger partial charge in [-0.15, -0.1) is 10.2 Å². The molecule has 0 N–H and O–H groups in total. The van der Waals surface area contributed by atoms with Gasteiger partial charge in [-0.2, -0.15) is 0 Å². The number of ketones is 1. The van der Waals surface area contributed by atoms with Crippen LogP contribution in [0, 0.1) is 12.7 Å². The van der Waals surface area contributed by atoms with Crippen molar-refractivity contribution in [3.05, 3.63) is 53.0 Å². The minimum Gasteiger partial charge on any atom is -0.303 e. The van der Waals surface area contributed by atoms with Crippen LogP contribution in [0.5, 0.6) is 0 Å². The van der Waals surface area contributed by atoms with Crippen molar-refractivity contribution in [1.29, 1.82) is 0 Å². The molecule has 0 saturated heterocycles. The summed E-state index contributed by atoms with van der Waals surface area (Å²) in [5, 5.41) is 10.7. The molecule has 4 nitrogen and oxygen atoms in total. The van der Waals surface area contributed by atoms with Crippen LogP contribution in [0.15, 0.2) is 40.9 Å². The molecule has 1 aliphatic carbocycles. The maximum atomic E-state index is 12.8. The van der Waals surface area contributed by atoms with Gasteiger partial charge in [-0.05, 0) is 55.5 Å². The molecule has 2 aromatic rings. The van der Waals surface area contributed by atoms with Crippen LogP contribution >= 0.6 is 11.8 Å². The van der Waals surface area contributed by atoms with Crippen molar-refractivity contribution in [2.24, 2.45) is 0 Å². The second-order valence-corrected chi connectivity index (χ2v) is 5.80. The summed E-state index contributed by atoms with van der Waals surface area (Å²) in [7, 11) is 0. The largest absolute Gasteiger partial charge is 0.303 e. The third-order valence-electron chi connectivity index (χ3n) is 3.27. The Kier molecular flexibility index (Phi) is 3.88. The van der Waals surface area contributed by atoms with Crippen LogP contribution < -0.4 is 0 Å². The molecule has 0 spiro atoms. The van der Waals surface area contributed by atoms with E-state index < -0.39 is 0 Å². The number of rotatable bonds is 5. The zero-order valence-corrected chi connectivity index (χ0v) is 12.3. The number of nitrogens with zero attached hydrogens (tertiary/aromatic N) is 3. The molecule has 0 aliphatic heterocycles. The number of carbonyl (C=O) groups excluding carboxylic acids is 1. The van der Waals surface area contributed by atoms with E-state index in [2.05, 4.69) is 14.8 Å². The molecule has 6 heteroatoms. The Hall–Kier alpha value is -1.95. The van der Waals surface area contributed by atoms with Gasteiger partial charge in [-0.3, -0.25) is 4.79 Å². The number of hydrogen-bond donors (Lipinski definition) is 0. The average molecular weight is 303 g/mol. The molecule has 1 fully saturated rings. The van der Waals surface area contributed by atoms with E-state index in [1.165, 1.54) is 42.1 Å². The number of halogens is 1. The van der Waals surface area contributed by atoms with Gasteiger partial charge in [0, 0.05) is 11.6 Å².